The number of aromatic nitrogens is 2. The van der Waals surface area contributed by atoms with Crippen LogP contribution < -0.4 is 10.6 Å². The first kappa shape index (κ1) is 10.3. The van der Waals surface area contributed by atoms with Gasteiger partial charge < -0.3 is 10.6 Å². The Kier molecular flexibility index (Phi) is 2.59. The summed E-state index contributed by atoms with van der Waals surface area (Å²) in [6.45, 7) is 5.45. The highest BCUT2D eigenvalue weighted by molar-refractivity contribution is 5.67. The Bertz CT molecular complexity index is 356. The summed E-state index contributed by atoms with van der Waals surface area (Å²) in [5, 5.41) is 4.46. The van der Waals surface area contributed by atoms with E-state index in [2.05, 4.69) is 23.8 Å². The second kappa shape index (κ2) is 3.76. The molecule has 0 radical (unpaired) electrons. The lowest BCUT2D eigenvalue weighted by atomic mass is 10.2. The molecule has 15 heavy (non-hydrogen) atoms. The Morgan fingerprint density at radius 1 is 1.53 bits per heavy atom. The molecule has 0 bridgehead atoms. The van der Waals surface area contributed by atoms with Crippen molar-refractivity contribution in [3.63, 3.8) is 0 Å². The Morgan fingerprint density at radius 2 is 2.27 bits per heavy atom. The molecule has 84 valence electrons. The van der Waals surface area contributed by atoms with Crippen LogP contribution in [0.1, 0.15) is 32.4 Å². The van der Waals surface area contributed by atoms with Crippen molar-refractivity contribution in [1.82, 2.24) is 9.78 Å². The molecule has 1 atom stereocenters. The first-order valence-corrected chi connectivity index (χ1v) is 5.73. The molecule has 1 unspecified atom stereocenters. The predicted molar refractivity (Wildman–Crippen MR) is 63.0 cm³/mol. The molecule has 1 fully saturated rings. The smallest absolute Gasteiger partial charge is 0.150 e. The Hall–Kier alpha value is -1.19. The molecule has 2 rings (SSSR count). The third kappa shape index (κ3) is 1.58. The molecular formula is C11H20N4. The maximum atomic E-state index is 6.13. The zero-order valence-corrected chi connectivity index (χ0v) is 9.82. The molecule has 4 nitrogen and oxygen atoms in total. The van der Waals surface area contributed by atoms with Gasteiger partial charge in [0.1, 0.15) is 0 Å². The van der Waals surface area contributed by atoms with Gasteiger partial charge >= 0.3 is 0 Å². The number of hydrogen-bond acceptors (Lipinski definition) is 3. The number of nitrogens with zero attached hydrogens (tertiary/aromatic N) is 3. The average molecular weight is 208 g/mol. The molecule has 0 saturated carbocycles. The van der Waals surface area contributed by atoms with Gasteiger partial charge in [-0.05, 0) is 26.2 Å². The Balaban J connectivity index is 2.38. The minimum absolute atomic E-state index is 0.590. The summed E-state index contributed by atoms with van der Waals surface area (Å²) < 4.78 is 1.93. The van der Waals surface area contributed by atoms with Gasteiger partial charge in [-0.3, -0.25) is 4.68 Å². The van der Waals surface area contributed by atoms with Crippen LogP contribution in [0.5, 0.6) is 0 Å². The van der Waals surface area contributed by atoms with E-state index >= 15 is 0 Å². The van der Waals surface area contributed by atoms with Crippen LogP contribution in [0.4, 0.5) is 11.5 Å². The quantitative estimate of drug-likeness (QED) is 0.802. The molecule has 0 spiro atoms. The highest BCUT2D eigenvalue weighted by atomic mass is 15.4. The standard InChI is InChI=1S/C11H20N4/c1-4-9-10(12)11(14(3)13-9)15-7-5-6-8(15)2/h8H,4-7,12H2,1-3H3. The van der Waals surface area contributed by atoms with Gasteiger partial charge in [0.15, 0.2) is 5.82 Å². The van der Waals surface area contributed by atoms with Gasteiger partial charge in [-0.2, -0.15) is 5.10 Å². The summed E-state index contributed by atoms with van der Waals surface area (Å²) in [6.07, 6.45) is 3.42. The summed E-state index contributed by atoms with van der Waals surface area (Å²) in [5.41, 5.74) is 8.02. The van der Waals surface area contributed by atoms with Crippen LogP contribution >= 0.6 is 0 Å². The summed E-state index contributed by atoms with van der Waals surface area (Å²) >= 11 is 0. The van der Waals surface area contributed by atoms with Crippen molar-refractivity contribution in [1.29, 1.82) is 0 Å². The molecule has 0 amide bonds. The SMILES string of the molecule is CCc1nn(C)c(N2CCCC2C)c1N. The van der Waals surface area contributed by atoms with Crippen molar-refractivity contribution < 1.29 is 0 Å². The first-order chi connectivity index (χ1) is 7.15. The van der Waals surface area contributed by atoms with E-state index in [1.165, 1.54) is 12.8 Å². The molecule has 1 aliphatic rings. The van der Waals surface area contributed by atoms with Gasteiger partial charge in [-0.15, -0.1) is 0 Å². The number of aryl methyl sites for hydroxylation is 2. The number of hydrogen-bond donors (Lipinski definition) is 1. The van der Waals surface area contributed by atoms with Crippen LogP contribution in [-0.4, -0.2) is 22.4 Å². The molecule has 2 heterocycles. The van der Waals surface area contributed by atoms with E-state index in [1.54, 1.807) is 0 Å². The second-order valence-corrected chi connectivity index (χ2v) is 4.35. The average Bonchev–Trinajstić information content (AvgIpc) is 2.71. The lowest BCUT2D eigenvalue weighted by molar-refractivity contribution is 0.677. The Labute approximate surface area is 91.1 Å². The molecule has 1 aliphatic heterocycles. The van der Waals surface area contributed by atoms with Crippen LogP contribution in [-0.2, 0) is 13.5 Å². The van der Waals surface area contributed by atoms with Crippen LogP contribution in [0, 0.1) is 0 Å². The largest absolute Gasteiger partial charge is 0.394 e. The van der Waals surface area contributed by atoms with E-state index in [0.717, 1.165) is 30.2 Å². The van der Waals surface area contributed by atoms with E-state index in [9.17, 15) is 0 Å². The van der Waals surface area contributed by atoms with Crippen molar-refractivity contribution in [3.05, 3.63) is 5.69 Å². The minimum atomic E-state index is 0.590. The summed E-state index contributed by atoms with van der Waals surface area (Å²) in [4.78, 5) is 2.38. The highest BCUT2D eigenvalue weighted by Gasteiger charge is 2.26. The third-order valence-electron chi connectivity index (χ3n) is 3.29. The zero-order chi connectivity index (χ0) is 11.0. The summed E-state index contributed by atoms with van der Waals surface area (Å²) in [6, 6.07) is 0.590. The summed E-state index contributed by atoms with van der Waals surface area (Å²) in [7, 11) is 1.98. The third-order valence-corrected chi connectivity index (χ3v) is 3.29. The van der Waals surface area contributed by atoms with Crippen LogP contribution in [0.25, 0.3) is 0 Å². The molecule has 1 aromatic rings. The van der Waals surface area contributed by atoms with Crippen LogP contribution in [0.15, 0.2) is 0 Å². The van der Waals surface area contributed by atoms with Crippen molar-refractivity contribution in [2.45, 2.75) is 39.2 Å². The van der Waals surface area contributed by atoms with Gasteiger partial charge in [-0.25, -0.2) is 0 Å². The van der Waals surface area contributed by atoms with E-state index in [1.807, 2.05) is 11.7 Å². The van der Waals surface area contributed by atoms with E-state index in [0.29, 0.717) is 6.04 Å². The molecule has 0 aliphatic carbocycles. The molecule has 1 saturated heterocycles. The van der Waals surface area contributed by atoms with Gasteiger partial charge in [0.05, 0.1) is 11.4 Å². The number of nitrogen functional groups attached to an aromatic ring is 1. The molecule has 2 N–H and O–H groups in total. The monoisotopic (exact) mass is 208 g/mol. The van der Waals surface area contributed by atoms with E-state index < -0.39 is 0 Å². The van der Waals surface area contributed by atoms with Crippen molar-refractivity contribution in [2.75, 3.05) is 17.2 Å². The van der Waals surface area contributed by atoms with Crippen molar-refractivity contribution in [3.8, 4) is 0 Å². The topological polar surface area (TPSA) is 47.1 Å². The van der Waals surface area contributed by atoms with Crippen LogP contribution in [0.2, 0.25) is 0 Å². The molecule has 1 aromatic heterocycles. The first-order valence-electron chi connectivity index (χ1n) is 5.73. The van der Waals surface area contributed by atoms with Gasteiger partial charge in [0.25, 0.3) is 0 Å². The predicted octanol–water partition coefficient (Wildman–Crippen LogP) is 1.55. The second-order valence-electron chi connectivity index (χ2n) is 4.35. The van der Waals surface area contributed by atoms with E-state index in [4.69, 9.17) is 5.73 Å². The van der Waals surface area contributed by atoms with E-state index in [-0.39, 0.29) is 0 Å². The van der Waals surface area contributed by atoms with Gasteiger partial charge in [-0.1, -0.05) is 6.92 Å². The van der Waals surface area contributed by atoms with Gasteiger partial charge in [0, 0.05) is 19.6 Å². The number of anilines is 2. The van der Waals surface area contributed by atoms with Crippen molar-refractivity contribution in [2.24, 2.45) is 7.05 Å². The highest BCUT2D eigenvalue weighted by Crippen LogP contribution is 2.31. The zero-order valence-electron chi connectivity index (χ0n) is 9.82. The van der Waals surface area contributed by atoms with Crippen molar-refractivity contribution >= 4 is 11.5 Å². The molecular weight excluding hydrogens is 188 g/mol. The number of rotatable bonds is 2. The maximum Gasteiger partial charge on any atom is 0.150 e. The van der Waals surface area contributed by atoms with Crippen LogP contribution in [0.3, 0.4) is 0 Å². The fourth-order valence-electron chi connectivity index (χ4n) is 2.44. The molecule has 0 aromatic carbocycles. The lowest BCUT2D eigenvalue weighted by Gasteiger charge is -2.24. The fourth-order valence-corrected chi connectivity index (χ4v) is 2.44. The summed E-state index contributed by atoms with van der Waals surface area (Å²) in [5.74, 6) is 1.11. The fraction of sp³-hybridized carbons (Fsp3) is 0.727. The number of nitrogens with two attached hydrogens (primary N) is 1. The maximum absolute atomic E-state index is 6.13. The molecule has 4 heteroatoms. The minimum Gasteiger partial charge on any atom is -0.394 e. The van der Waals surface area contributed by atoms with Gasteiger partial charge in [0.2, 0.25) is 0 Å². The normalized spacial score (nSPS) is 21.3. The Morgan fingerprint density at radius 3 is 2.73 bits per heavy atom. The lowest BCUT2D eigenvalue weighted by Crippen LogP contribution is -2.29.